The first-order chi connectivity index (χ1) is 25.7. The smallest absolute Gasteiger partial charge is 0.146 e. The van der Waals surface area contributed by atoms with Crippen molar-refractivity contribution in [1.29, 1.82) is 0 Å². The van der Waals surface area contributed by atoms with Crippen molar-refractivity contribution in [2.45, 2.75) is 12.2 Å². The summed E-state index contributed by atoms with van der Waals surface area (Å²) in [5.74, 6) is 0. The molecule has 7 aromatic rings. The number of fused-ring (bicyclic) bond motifs is 3. The minimum atomic E-state index is -0.542. The van der Waals surface area contributed by atoms with E-state index in [1.165, 1.54) is 5.56 Å². The summed E-state index contributed by atoms with van der Waals surface area (Å²) in [6, 6.07) is 64.5. The van der Waals surface area contributed by atoms with E-state index < -0.39 is 4.65 Å². The molecule has 0 bridgehead atoms. The molecule has 254 valence electrons. The normalized spacial score (nSPS) is 17.2. The highest BCUT2D eigenvalue weighted by molar-refractivity contribution is 5.99. The predicted octanol–water partition coefficient (Wildman–Crippen LogP) is 11.0. The molecule has 6 nitrogen and oxygen atoms in total. The number of hydroxylamine groups is 1. The van der Waals surface area contributed by atoms with Crippen LogP contribution < -0.4 is 25.1 Å². The molecule has 2 heterocycles. The molecule has 1 fully saturated rings. The van der Waals surface area contributed by atoms with Crippen LogP contribution in [0.3, 0.4) is 0 Å². The lowest BCUT2D eigenvalue weighted by Crippen LogP contribution is -2.61. The highest BCUT2D eigenvalue weighted by atomic mass is 16.6. The number of para-hydroxylation sites is 4. The lowest BCUT2D eigenvalue weighted by atomic mass is 10.0. The second-order valence-electron chi connectivity index (χ2n) is 13.4. The molecule has 2 aliphatic heterocycles. The number of nitrogens with one attached hydrogen (secondary N) is 2. The minimum absolute atomic E-state index is 0.00838. The first-order valence-electron chi connectivity index (χ1n) is 17.9. The molecule has 0 aliphatic carbocycles. The summed E-state index contributed by atoms with van der Waals surface area (Å²) in [5.41, 5.74) is 10.8. The van der Waals surface area contributed by atoms with Gasteiger partial charge in [-0.2, -0.15) is 0 Å². The number of hydrogen-bond donors (Lipinski definition) is 2. The van der Waals surface area contributed by atoms with Crippen LogP contribution in [0.25, 0.3) is 11.1 Å². The maximum absolute atomic E-state index is 15.8. The summed E-state index contributed by atoms with van der Waals surface area (Å²) >= 11 is 0. The molecule has 2 aliphatic rings. The Hall–Kier alpha value is -6.02. The third-order valence-electron chi connectivity index (χ3n) is 10.3. The molecule has 0 unspecified atom stereocenters. The van der Waals surface area contributed by atoms with Gasteiger partial charge in [-0.1, -0.05) is 103 Å². The van der Waals surface area contributed by atoms with Gasteiger partial charge in [0.05, 0.1) is 30.4 Å². The molecule has 0 amide bonds. The Morgan fingerprint density at radius 2 is 0.769 bits per heavy atom. The average molecular weight is 678 g/mol. The van der Waals surface area contributed by atoms with Crippen molar-refractivity contribution in [2.24, 2.45) is 0 Å². The van der Waals surface area contributed by atoms with Crippen LogP contribution in [-0.2, 0) is 0 Å². The van der Waals surface area contributed by atoms with Gasteiger partial charge in [-0.25, -0.2) is 0 Å². The summed E-state index contributed by atoms with van der Waals surface area (Å²) in [7, 11) is 0. The van der Waals surface area contributed by atoms with Crippen LogP contribution in [0.2, 0.25) is 0 Å². The highest BCUT2D eigenvalue weighted by Crippen LogP contribution is 2.57. The van der Waals surface area contributed by atoms with Crippen molar-refractivity contribution in [1.82, 2.24) is 15.3 Å². The van der Waals surface area contributed by atoms with E-state index in [2.05, 4.69) is 178 Å². The fourth-order valence-corrected chi connectivity index (χ4v) is 7.85. The Morgan fingerprint density at radius 1 is 0.423 bits per heavy atom. The molecule has 0 radical (unpaired) electrons. The van der Waals surface area contributed by atoms with Crippen LogP contribution in [0.15, 0.2) is 188 Å². The molecule has 52 heavy (non-hydrogen) atoms. The van der Waals surface area contributed by atoms with E-state index in [4.69, 9.17) is 0 Å². The van der Waals surface area contributed by atoms with Gasteiger partial charge in [-0.05, 0) is 78.4 Å². The van der Waals surface area contributed by atoms with E-state index in [0.29, 0.717) is 13.1 Å². The number of hydrogen-bond acceptors (Lipinski definition) is 5. The Morgan fingerprint density at radius 3 is 1.13 bits per heavy atom. The second-order valence-corrected chi connectivity index (χ2v) is 13.4. The van der Waals surface area contributed by atoms with Gasteiger partial charge in [-0.15, -0.1) is 0 Å². The predicted molar refractivity (Wildman–Crippen MR) is 215 cm³/mol. The Balaban J connectivity index is 1.19. The molecular weight excluding hydrogens is 639 g/mol. The lowest BCUT2D eigenvalue weighted by Gasteiger charge is -2.48. The van der Waals surface area contributed by atoms with Gasteiger partial charge in [0, 0.05) is 46.3 Å². The largest absolute Gasteiger partial charge is 0.622 e. The van der Waals surface area contributed by atoms with Crippen LogP contribution in [0, 0.1) is 5.21 Å². The van der Waals surface area contributed by atoms with Crippen molar-refractivity contribution in [3.05, 3.63) is 199 Å². The zero-order valence-electron chi connectivity index (χ0n) is 28.7. The Bertz CT molecular complexity index is 2070. The summed E-state index contributed by atoms with van der Waals surface area (Å²) in [4.78, 5) is 4.52. The van der Waals surface area contributed by atoms with E-state index in [-0.39, 0.29) is 12.2 Å². The van der Waals surface area contributed by atoms with Crippen molar-refractivity contribution < 1.29 is 0 Å². The van der Waals surface area contributed by atoms with Crippen molar-refractivity contribution in [3.63, 3.8) is 0 Å². The molecule has 6 heteroatoms. The maximum atomic E-state index is 15.8. The maximum Gasteiger partial charge on any atom is 0.146 e. The summed E-state index contributed by atoms with van der Waals surface area (Å²) in [6.07, 6.45) is -0.00838. The third-order valence-corrected chi connectivity index (χ3v) is 10.3. The van der Waals surface area contributed by atoms with Crippen molar-refractivity contribution >= 4 is 45.5 Å². The van der Waals surface area contributed by atoms with Crippen LogP contribution in [0.4, 0.5) is 45.5 Å². The zero-order chi connectivity index (χ0) is 34.9. The third kappa shape index (κ3) is 5.64. The fraction of sp³-hybridized carbons (Fsp3) is 0.0870. The van der Waals surface area contributed by atoms with Crippen LogP contribution in [0.1, 0.15) is 11.7 Å². The van der Waals surface area contributed by atoms with E-state index in [1.807, 2.05) is 30.3 Å². The van der Waals surface area contributed by atoms with E-state index in [0.717, 1.165) is 56.6 Å². The van der Waals surface area contributed by atoms with E-state index in [1.54, 1.807) is 0 Å². The topological polar surface area (TPSA) is 53.6 Å². The standard InChI is InChI=1S/C46H39N5O/c52-51(41-32-47-46(48-33-41)34-16-6-1-7-17-34)44-28-26-39(49(35-18-8-2-9-19-35)36-20-10-3-11-21-36)30-42(44)43-31-40(27-29-45(43)51)50(37-22-12-4-13-23-37)38-24-14-5-15-25-38/h1-31,41,46-48H,32-33H2. The van der Waals surface area contributed by atoms with Crippen LogP contribution in [-0.4, -0.2) is 19.1 Å². The van der Waals surface area contributed by atoms with Crippen molar-refractivity contribution in [2.75, 3.05) is 22.9 Å². The molecule has 0 aromatic heterocycles. The molecule has 0 spiro atoms. The first kappa shape index (κ1) is 31.9. The second kappa shape index (κ2) is 13.6. The van der Waals surface area contributed by atoms with E-state index >= 15 is 5.21 Å². The van der Waals surface area contributed by atoms with Gasteiger partial charge >= 0.3 is 0 Å². The molecule has 1 saturated heterocycles. The SMILES string of the molecule is [O-][N+]1(C2CNC(c3ccccc3)NC2)c2ccc(N(c3ccccc3)c3ccccc3)cc2-c2cc(N(c3ccccc3)c3ccccc3)ccc21. The Kier molecular flexibility index (Phi) is 8.35. The number of quaternary nitrogens is 1. The van der Waals surface area contributed by atoms with Gasteiger partial charge in [0.15, 0.2) is 0 Å². The molecule has 0 atom stereocenters. The quantitative estimate of drug-likeness (QED) is 0.124. The molecule has 2 N–H and O–H groups in total. The fourth-order valence-electron chi connectivity index (χ4n) is 7.85. The number of nitrogens with zero attached hydrogens (tertiary/aromatic N) is 3. The summed E-state index contributed by atoms with van der Waals surface area (Å²) < 4.78 is -0.542. The van der Waals surface area contributed by atoms with Gasteiger partial charge in [0.1, 0.15) is 17.4 Å². The summed E-state index contributed by atoms with van der Waals surface area (Å²) in [5, 5.41) is 23.1. The van der Waals surface area contributed by atoms with Gasteiger partial charge in [0.2, 0.25) is 0 Å². The number of rotatable bonds is 8. The van der Waals surface area contributed by atoms with E-state index in [9.17, 15) is 0 Å². The Labute approximate surface area is 305 Å². The van der Waals surface area contributed by atoms with Crippen LogP contribution >= 0.6 is 0 Å². The lowest BCUT2D eigenvalue weighted by molar-refractivity contribution is 0.258. The first-order valence-corrected chi connectivity index (χ1v) is 17.9. The minimum Gasteiger partial charge on any atom is -0.622 e. The van der Waals surface area contributed by atoms with Crippen molar-refractivity contribution in [3.8, 4) is 11.1 Å². The number of benzene rings is 7. The summed E-state index contributed by atoms with van der Waals surface area (Å²) in [6.45, 7) is 1.14. The highest BCUT2D eigenvalue weighted by Gasteiger charge is 2.45. The molecule has 9 rings (SSSR count). The van der Waals surface area contributed by atoms with Gasteiger partial charge in [-0.3, -0.25) is 15.3 Å². The average Bonchev–Trinajstić information content (AvgIpc) is 3.47. The van der Waals surface area contributed by atoms with Gasteiger partial charge < -0.3 is 15.0 Å². The molecule has 7 aromatic carbocycles. The molecular formula is C46H39N5O. The number of anilines is 6. The molecule has 0 saturated carbocycles. The zero-order valence-corrected chi connectivity index (χ0v) is 28.7. The van der Waals surface area contributed by atoms with Gasteiger partial charge in [0.25, 0.3) is 0 Å². The monoisotopic (exact) mass is 677 g/mol. The van der Waals surface area contributed by atoms with Crippen LogP contribution in [0.5, 0.6) is 0 Å².